The molecule has 5 nitrogen and oxygen atoms in total. The van der Waals surface area contributed by atoms with Gasteiger partial charge in [-0.15, -0.1) is 0 Å². The summed E-state index contributed by atoms with van der Waals surface area (Å²) in [6.45, 7) is 5.79. The van der Waals surface area contributed by atoms with Crippen LogP contribution in [0.25, 0.3) is 0 Å². The summed E-state index contributed by atoms with van der Waals surface area (Å²) in [5, 5.41) is 11.5. The first-order valence-corrected chi connectivity index (χ1v) is 7.11. The summed E-state index contributed by atoms with van der Waals surface area (Å²) in [6, 6.07) is 0. The van der Waals surface area contributed by atoms with Crippen molar-refractivity contribution in [2.75, 3.05) is 0 Å². The van der Waals surface area contributed by atoms with Crippen molar-refractivity contribution in [3.05, 3.63) is 35.4 Å². The van der Waals surface area contributed by atoms with E-state index in [1.54, 1.807) is 6.20 Å². The summed E-state index contributed by atoms with van der Waals surface area (Å²) in [5.41, 5.74) is 2.84. The van der Waals surface area contributed by atoms with E-state index in [1.165, 1.54) is 4.68 Å². The predicted octanol–water partition coefficient (Wildman–Crippen LogP) is 2.35. The van der Waals surface area contributed by atoms with E-state index < -0.39 is 6.43 Å². The molecule has 0 saturated carbocycles. The van der Waals surface area contributed by atoms with Gasteiger partial charge in [-0.05, 0) is 13.3 Å². The average Bonchev–Trinajstić information content (AvgIpc) is 3.00. The van der Waals surface area contributed by atoms with Gasteiger partial charge in [0.2, 0.25) is 0 Å². The number of halogens is 2. The van der Waals surface area contributed by atoms with E-state index in [9.17, 15) is 8.78 Å². The number of nitrogens with zero attached hydrogens (tertiary/aromatic N) is 4. The van der Waals surface area contributed by atoms with Gasteiger partial charge in [0.15, 0.2) is 0 Å². The lowest BCUT2D eigenvalue weighted by Crippen LogP contribution is -2.14. The molecular formula is C14H21F2N5. The summed E-state index contributed by atoms with van der Waals surface area (Å²) in [5.74, 6) is 0. The smallest absolute Gasteiger partial charge is 0.257 e. The fraction of sp³-hybridized carbons (Fsp3) is 0.571. The van der Waals surface area contributed by atoms with Crippen LogP contribution in [0.5, 0.6) is 0 Å². The molecule has 7 heteroatoms. The molecule has 0 spiro atoms. The standard InChI is InChI=1S/C14H21F2N5/c1-3-4-20-9-12(6-18-20)5-17-7-13-8-19-21(11(13)2)10-14(15)16/h6,8-9,14,17H,3-5,7,10H2,1-2H3. The minimum Gasteiger partial charge on any atom is -0.308 e. The molecule has 116 valence electrons. The maximum Gasteiger partial charge on any atom is 0.257 e. The summed E-state index contributed by atoms with van der Waals surface area (Å²) >= 11 is 0. The SMILES string of the molecule is CCCn1cc(CNCc2cnn(CC(F)F)c2C)cn1. The van der Waals surface area contributed by atoms with Crippen molar-refractivity contribution in [3.63, 3.8) is 0 Å². The molecule has 1 N–H and O–H groups in total. The molecule has 0 saturated heterocycles. The Morgan fingerprint density at radius 3 is 2.76 bits per heavy atom. The van der Waals surface area contributed by atoms with E-state index in [-0.39, 0.29) is 6.54 Å². The van der Waals surface area contributed by atoms with Gasteiger partial charge >= 0.3 is 0 Å². The van der Waals surface area contributed by atoms with Gasteiger partial charge in [0, 0.05) is 42.7 Å². The Morgan fingerprint density at radius 1 is 1.24 bits per heavy atom. The fourth-order valence-corrected chi connectivity index (χ4v) is 2.16. The quantitative estimate of drug-likeness (QED) is 0.813. The zero-order valence-corrected chi connectivity index (χ0v) is 12.4. The third kappa shape index (κ3) is 4.35. The highest BCUT2D eigenvalue weighted by molar-refractivity contribution is 5.16. The fourth-order valence-electron chi connectivity index (χ4n) is 2.16. The molecule has 0 radical (unpaired) electrons. The Bertz CT molecular complexity index is 561. The molecule has 0 aromatic carbocycles. The molecule has 0 aliphatic rings. The molecule has 21 heavy (non-hydrogen) atoms. The molecule has 0 fully saturated rings. The lowest BCUT2D eigenvalue weighted by Gasteiger charge is -2.05. The summed E-state index contributed by atoms with van der Waals surface area (Å²) in [6.07, 6.45) is 4.18. The zero-order valence-electron chi connectivity index (χ0n) is 12.4. The Kier molecular flexibility index (Phi) is 5.44. The van der Waals surface area contributed by atoms with Crippen molar-refractivity contribution in [1.29, 1.82) is 0 Å². The van der Waals surface area contributed by atoms with Crippen molar-refractivity contribution in [2.45, 2.75) is 52.9 Å². The van der Waals surface area contributed by atoms with Crippen LogP contribution in [-0.2, 0) is 26.2 Å². The highest BCUT2D eigenvalue weighted by Gasteiger charge is 2.10. The minimum atomic E-state index is -2.38. The van der Waals surface area contributed by atoms with Gasteiger partial charge in [-0.3, -0.25) is 9.36 Å². The van der Waals surface area contributed by atoms with Gasteiger partial charge in [0.05, 0.1) is 12.4 Å². The number of alkyl halides is 2. The van der Waals surface area contributed by atoms with Crippen molar-refractivity contribution in [1.82, 2.24) is 24.9 Å². The van der Waals surface area contributed by atoms with Crippen LogP contribution < -0.4 is 5.32 Å². The summed E-state index contributed by atoms with van der Waals surface area (Å²) in [4.78, 5) is 0. The summed E-state index contributed by atoms with van der Waals surface area (Å²) in [7, 11) is 0. The van der Waals surface area contributed by atoms with Crippen LogP contribution in [0.2, 0.25) is 0 Å². The Balaban J connectivity index is 1.84. The number of hydrogen-bond acceptors (Lipinski definition) is 3. The zero-order chi connectivity index (χ0) is 15.2. The average molecular weight is 297 g/mol. The molecule has 2 aromatic rings. The second-order valence-electron chi connectivity index (χ2n) is 5.04. The van der Waals surface area contributed by atoms with Crippen molar-refractivity contribution in [2.24, 2.45) is 0 Å². The normalized spacial score (nSPS) is 11.5. The van der Waals surface area contributed by atoms with Gasteiger partial charge in [-0.1, -0.05) is 6.92 Å². The van der Waals surface area contributed by atoms with E-state index in [2.05, 4.69) is 22.4 Å². The van der Waals surface area contributed by atoms with Crippen molar-refractivity contribution >= 4 is 0 Å². The van der Waals surface area contributed by atoms with Crippen LogP contribution >= 0.6 is 0 Å². The number of rotatable bonds is 8. The van der Waals surface area contributed by atoms with Crippen LogP contribution in [0.4, 0.5) is 8.78 Å². The third-order valence-electron chi connectivity index (χ3n) is 3.30. The predicted molar refractivity (Wildman–Crippen MR) is 76.0 cm³/mol. The van der Waals surface area contributed by atoms with Crippen molar-refractivity contribution in [3.8, 4) is 0 Å². The maximum absolute atomic E-state index is 12.4. The van der Waals surface area contributed by atoms with Gasteiger partial charge in [0.25, 0.3) is 6.43 Å². The molecule has 2 rings (SSSR count). The number of aryl methyl sites for hydroxylation is 1. The van der Waals surface area contributed by atoms with Gasteiger partial charge in [0.1, 0.15) is 6.54 Å². The molecule has 0 aliphatic heterocycles. The van der Waals surface area contributed by atoms with Crippen LogP contribution in [-0.4, -0.2) is 26.0 Å². The van der Waals surface area contributed by atoms with Gasteiger partial charge < -0.3 is 5.32 Å². The lowest BCUT2D eigenvalue weighted by atomic mass is 10.2. The molecular weight excluding hydrogens is 276 g/mol. The summed E-state index contributed by atoms with van der Waals surface area (Å²) < 4.78 is 28.0. The largest absolute Gasteiger partial charge is 0.308 e. The molecule has 0 amide bonds. The van der Waals surface area contributed by atoms with Gasteiger partial charge in [-0.25, -0.2) is 8.78 Å². The van der Waals surface area contributed by atoms with E-state index in [0.29, 0.717) is 13.1 Å². The first-order chi connectivity index (χ1) is 10.1. The molecule has 0 atom stereocenters. The van der Waals surface area contributed by atoms with E-state index in [1.807, 2.05) is 24.0 Å². The van der Waals surface area contributed by atoms with Crippen LogP contribution in [0.15, 0.2) is 18.6 Å². The van der Waals surface area contributed by atoms with E-state index >= 15 is 0 Å². The van der Waals surface area contributed by atoms with Crippen LogP contribution in [0.3, 0.4) is 0 Å². The number of hydrogen-bond donors (Lipinski definition) is 1. The highest BCUT2D eigenvalue weighted by Crippen LogP contribution is 2.09. The minimum absolute atomic E-state index is 0.352. The molecule has 2 aromatic heterocycles. The lowest BCUT2D eigenvalue weighted by molar-refractivity contribution is 0.121. The third-order valence-corrected chi connectivity index (χ3v) is 3.30. The monoisotopic (exact) mass is 297 g/mol. The van der Waals surface area contributed by atoms with Crippen LogP contribution in [0.1, 0.15) is 30.2 Å². The number of aromatic nitrogens is 4. The van der Waals surface area contributed by atoms with Crippen molar-refractivity contribution < 1.29 is 8.78 Å². The van der Waals surface area contributed by atoms with Gasteiger partial charge in [-0.2, -0.15) is 10.2 Å². The Hall–Kier alpha value is -1.76. The van der Waals surface area contributed by atoms with E-state index in [4.69, 9.17) is 0 Å². The Labute approximate surface area is 123 Å². The molecule has 0 bridgehead atoms. The van der Waals surface area contributed by atoms with Crippen LogP contribution in [0, 0.1) is 6.92 Å². The second-order valence-corrected chi connectivity index (χ2v) is 5.04. The molecule has 0 unspecified atom stereocenters. The number of nitrogens with one attached hydrogen (secondary N) is 1. The first kappa shape index (κ1) is 15.6. The maximum atomic E-state index is 12.4. The first-order valence-electron chi connectivity index (χ1n) is 7.11. The molecule has 0 aliphatic carbocycles. The van der Waals surface area contributed by atoms with E-state index in [0.717, 1.165) is 29.8 Å². The topological polar surface area (TPSA) is 47.7 Å². The highest BCUT2D eigenvalue weighted by atomic mass is 19.3. The Morgan fingerprint density at radius 2 is 2.05 bits per heavy atom. The molecule has 2 heterocycles. The second kappa shape index (κ2) is 7.31.